The third-order valence-electron chi connectivity index (χ3n) is 5.73. The molecule has 5 nitrogen and oxygen atoms in total. The monoisotopic (exact) mass is 505 g/mol. The standard InChI is InChI=1S/C26H21BrFN3O2/c1-16-25(32)31(22-12-8-20(29)9-13-22)26(33-16)24-15-30(21-10-4-18(27)5-11-21)14-23(24)17-2-6-19(28)7-3-17/h2-16,26H,29H2,1H3/t16-,26+/m0/s1. The highest BCUT2D eigenvalue weighted by atomic mass is 79.9. The Morgan fingerprint density at radius 1 is 0.909 bits per heavy atom. The summed E-state index contributed by atoms with van der Waals surface area (Å²) >= 11 is 3.47. The van der Waals surface area contributed by atoms with Gasteiger partial charge in [-0.25, -0.2) is 4.39 Å². The Labute approximate surface area is 199 Å². The number of nitrogens with two attached hydrogens (primary N) is 1. The number of benzene rings is 3. The van der Waals surface area contributed by atoms with Crippen molar-refractivity contribution in [3.8, 4) is 16.8 Å². The second-order valence-electron chi connectivity index (χ2n) is 7.95. The Kier molecular flexibility index (Phi) is 5.52. The van der Waals surface area contributed by atoms with Gasteiger partial charge in [-0.1, -0.05) is 28.1 Å². The summed E-state index contributed by atoms with van der Waals surface area (Å²) in [6.45, 7) is 1.75. The minimum Gasteiger partial charge on any atom is -0.399 e. The molecule has 1 amide bonds. The summed E-state index contributed by atoms with van der Waals surface area (Å²) in [4.78, 5) is 14.7. The van der Waals surface area contributed by atoms with Gasteiger partial charge in [0, 0.05) is 45.1 Å². The van der Waals surface area contributed by atoms with Gasteiger partial charge in [0.25, 0.3) is 5.91 Å². The van der Waals surface area contributed by atoms with E-state index in [0.29, 0.717) is 11.4 Å². The van der Waals surface area contributed by atoms with Crippen LogP contribution in [0.25, 0.3) is 16.8 Å². The van der Waals surface area contributed by atoms with Crippen molar-refractivity contribution in [2.45, 2.75) is 19.3 Å². The molecule has 2 atom stereocenters. The number of carbonyl (C=O) groups excluding carboxylic acids is 1. The molecule has 0 radical (unpaired) electrons. The Bertz CT molecular complexity index is 1300. The molecule has 33 heavy (non-hydrogen) atoms. The first-order valence-corrected chi connectivity index (χ1v) is 11.3. The van der Waals surface area contributed by atoms with Crippen LogP contribution in [0.1, 0.15) is 18.7 Å². The zero-order valence-corrected chi connectivity index (χ0v) is 19.4. The van der Waals surface area contributed by atoms with Crippen molar-refractivity contribution < 1.29 is 13.9 Å². The molecular weight excluding hydrogens is 485 g/mol. The number of aromatic nitrogens is 1. The summed E-state index contributed by atoms with van der Waals surface area (Å²) in [5.74, 6) is -0.441. The van der Waals surface area contributed by atoms with Crippen LogP contribution < -0.4 is 10.6 Å². The molecular formula is C26H21BrFN3O2. The lowest BCUT2D eigenvalue weighted by molar-refractivity contribution is -0.121. The SMILES string of the molecule is C[C@@H]1O[C@H](c2cn(-c3ccc(Br)cc3)cc2-c2ccc(F)cc2)N(c2ccc(N)cc2)C1=O. The normalized spacial score (nSPS) is 18.2. The van der Waals surface area contributed by atoms with E-state index >= 15 is 0 Å². The molecule has 0 spiro atoms. The van der Waals surface area contributed by atoms with Gasteiger partial charge in [-0.05, 0) is 73.2 Å². The number of halogens is 2. The maximum absolute atomic E-state index is 13.6. The predicted octanol–water partition coefficient (Wildman–Crippen LogP) is 6.08. The number of nitrogen functional groups attached to an aromatic ring is 1. The molecule has 7 heteroatoms. The Balaban J connectivity index is 1.66. The van der Waals surface area contributed by atoms with Crippen molar-refractivity contribution in [2.75, 3.05) is 10.6 Å². The van der Waals surface area contributed by atoms with E-state index in [1.54, 1.807) is 36.1 Å². The maximum atomic E-state index is 13.6. The summed E-state index contributed by atoms with van der Waals surface area (Å²) in [7, 11) is 0. The number of anilines is 2. The lowest BCUT2D eigenvalue weighted by Gasteiger charge is -2.24. The van der Waals surface area contributed by atoms with Crippen LogP contribution in [0.4, 0.5) is 15.8 Å². The van der Waals surface area contributed by atoms with Crippen LogP contribution >= 0.6 is 15.9 Å². The lowest BCUT2D eigenvalue weighted by Crippen LogP contribution is -2.30. The molecule has 166 valence electrons. The molecule has 2 heterocycles. The highest BCUT2D eigenvalue weighted by Gasteiger charge is 2.41. The van der Waals surface area contributed by atoms with Gasteiger partial charge < -0.3 is 15.0 Å². The number of hydrogen-bond acceptors (Lipinski definition) is 3. The molecule has 3 aromatic carbocycles. The molecule has 0 unspecified atom stereocenters. The van der Waals surface area contributed by atoms with Crippen molar-refractivity contribution in [1.82, 2.24) is 4.57 Å². The van der Waals surface area contributed by atoms with Gasteiger partial charge >= 0.3 is 0 Å². The van der Waals surface area contributed by atoms with Gasteiger partial charge in [0.15, 0.2) is 6.23 Å². The predicted molar refractivity (Wildman–Crippen MR) is 130 cm³/mol. The average molecular weight is 506 g/mol. The highest BCUT2D eigenvalue weighted by molar-refractivity contribution is 9.10. The van der Waals surface area contributed by atoms with Crippen LogP contribution in [-0.4, -0.2) is 16.6 Å². The smallest absolute Gasteiger partial charge is 0.258 e. The zero-order chi connectivity index (χ0) is 23.1. The second-order valence-corrected chi connectivity index (χ2v) is 8.86. The van der Waals surface area contributed by atoms with Crippen molar-refractivity contribution in [3.05, 3.63) is 101 Å². The van der Waals surface area contributed by atoms with Gasteiger partial charge in [-0.3, -0.25) is 9.69 Å². The molecule has 0 saturated carbocycles. The van der Waals surface area contributed by atoms with E-state index in [-0.39, 0.29) is 11.7 Å². The van der Waals surface area contributed by atoms with Crippen LogP contribution in [0.5, 0.6) is 0 Å². The number of hydrogen-bond donors (Lipinski definition) is 1. The molecule has 1 fully saturated rings. The van der Waals surface area contributed by atoms with Crippen molar-refractivity contribution in [1.29, 1.82) is 0 Å². The zero-order valence-electron chi connectivity index (χ0n) is 17.8. The molecule has 1 saturated heterocycles. The van der Waals surface area contributed by atoms with Crippen molar-refractivity contribution in [3.63, 3.8) is 0 Å². The molecule has 0 aliphatic carbocycles. The number of amides is 1. The summed E-state index contributed by atoms with van der Waals surface area (Å²) in [6.07, 6.45) is 2.68. The van der Waals surface area contributed by atoms with Gasteiger partial charge in [0.05, 0.1) is 0 Å². The second kappa shape index (κ2) is 8.50. The van der Waals surface area contributed by atoms with Crippen molar-refractivity contribution >= 4 is 33.2 Å². The molecule has 5 rings (SSSR count). The third kappa shape index (κ3) is 4.05. The first-order chi connectivity index (χ1) is 15.9. The number of carbonyl (C=O) groups is 1. The van der Waals surface area contributed by atoms with Crippen LogP contribution in [0.2, 0.25) is 0 Å². The first-order valence-electron chi connectivity index (χ1n) is 10.5. The fourth-order valence-corrected chi connectivity index (χ4v) is 4.30. The van der Waals surface area contributed by atoms with E-state index in [1.807, 2.05) is 53.4 Å². The Hall–Kier alpha value is -3.42. The third-order valence-corrected chi connectivity index (χ3v) is 6.26. The molecule has 4 aromatic rings. The van der Waals surface area contributed by atoms with Gasteiger partial charge in [0.2, 0.25) is 0 Å². The molecule has 1 aliphatic rings. The number of rotatable bonds is 4. The first kappa shape index (κ1) is 21.4. The van der Waals surface area contributed by atoms with E-state index in [9.17, 15) is 9.18 Å². The lowest BCUT2D eigenvalue weighted by atomic mass is 10.0. The van der Waals surface area contributed by atoms with E-state index in [2.05, 4.69) is 15.9 Å². The largest absolute Gasteiger partial charge is 0.399 e. The van der Waals surface area contributed by atoms with Crippen LogP contribution in [0, 0.1) is 5.82 Å². The topological polar surface area (TPSA) is 60.5 Å². The number of nitrogens with zero attached hydrogens (tertiary/aromatic N) is 2. The van der Waals surface area contributed by atoms with E-state index in [4.69, 9.17) is 10.5 Å². The molecule has 1 aromatic heterocycles. The van der Waals surface area contributed by atoms with E-state index in [1.165, 1.54) is 12.1 Å². The summed E-state index contributed by atoms with van der Waals surface area (Å²) in [6, 6.07) is 21.4. The molecule has 0 bridgehead atoms. The number of ether oxygens (including phenoxy) is 1. The summed E-state index contributed by atoms with van der Waals surface area (Å²) in [5.41, 5.74) is 10.6. The molecule has 2 N–H and O–H groups in total. The Morgan fingerprint density at radius 3 is 2.21 bits per heavy atom. The average Bonchev–Trinajstić information content (AvgIpc) is 3.37. The summed E-state index contributed by atoms with van der Waals surface area (Å²) < 4.78 is 22.8. The van der Waals surface area contributed by atoms with Crippen molar-refractivity contribution in [2.24, 2.45) is 0 Å². The van der Waals surface area contributed by atoms with E-state index in [0.717, 1.165) is 26.9 Å². The van der Waals surface area contributed by atoms with Crippen LogP contribution in [0.3, 0.4) is 0 Å². The van der Waals surface area contributed by atoms with Crippen LogP contribution in [-0.2, 0) is 9.53 Å². The summed E-state index contributed by atoms with van der Waals surface area (Å²) in [5, 5.41) is 0. The minimum atomic E-state index is -0.645. The fourth-order valence-electron chi connectivity index (χ4n) is 4.03. The maximum Gasteiger partial charge on any atom is 0.258 e. The van der Waals surface area contributed by atoms with E-state index < -0.39 is 12.3 Å². The quantitative estimate of drug-likeness (QED) is 0.342. The van der Waals surface area contributed by atoms with Gasteiger partial charge in [-0.2, -0.15) is 0 Å². The molecule has 1 aliphatic heterocycles. The fraction of sp³-hybridized carbons (Fsp3) is 0.115. The minimum absolute atomic E-state index is 0.133. The van der Waals surface area contributed by atoms with Gasteiger partial charge in [0.1, 0.15) is 11.9 Å². The Morgan fingerprint density at radius 2 is 1.55 bits per heavy atom. The van der Waals surface area contributed by atoms with Crippen LogP contribution in [0.15, 0.2) is 89.7 Å². The highest BCUT2D eigenvalue weighted by Crippen LogP contribution is 2.41. The van der Waals surface area contributed by atoms with Gasteiger partial charge in [-0.15, -0.1) is 0 Å².